The number of amides is 1. The van der Waals surface area contributed by atoms with Crippen LogP contribution >= 0.6 is 0 Å². The Balaban J connectivity index is 2.05. The summed E-state index contributed by atoms with van der Waals surface area (Å²) in [5, 5.41) is 5.24. The molecule has 0 heterocycles. The third-order valence-electron chi connectivity index (χ3n) is 3.34. The molecule has 0 unspecified atom stereocenters. The number of hydrogen-bond donors (Lipinski definition) is 2. The average Bonchev–Trinajstić information content (AvgIpc) is 2.47. The molecule has 0 fully saturated rings. The van der Waals surface area contributed by atoms with Crippen LogP contribution in [-0.2, 0) is 11.0 Å². The Bertz CT molecular complexity index is 711. The number of para-hydroxylation sites is 1. The highest BCUT2D eigenvalue weighted by atomic mass is 19.4. The largest absolute Gasteiger partial charge is 0.418 e. The zero-order chi connectivity index (χ0) is 17.0. The van der Waals surface area contributed by atoms with E-state index in [9.17, 15) is 18.0 Å². The van der Waals surface area contributed by atoms with Gasteiger partial charge in [-0.15, -0.1) is 0 Å². The van der Waals surface area contributed by atoms with E-state index in [0.717, 1.165) is 22.9 Å². The zero-order valence-corrected chi connectivity index (χ0v) is 12.8. The van der Waals surface area contributed by atoms with E-state index in [1.807, 2.05) is 32.0 Å². The Morgan fingerprint density at radius 2 is 1.74 bits per heavy atom. The maximum atomic E-state index is 12.9. The van der Waals surface area contributed by atoms with Crippen LogP contribution in [0.5, 0.6) is 0 Å². The monoisotopic (exact) mass is 322 g/mol. The standard InChI is InChI=1S/C17H17F3N2O/c1-11-7-8-12(2)15(9-11)21-10-16(23)22-14-6-4-3-5-13(14)17(18,19)20/h3-9,21H,10H2,1-2H3,(H,22,23). The lowest BCUT2D eigenvalue weighted by molar-refractivity contribution is -0.137. The van der Waals surface area contributed by atoms with Crippen LogP contribution in [0.1, 0.15) is 16.7 Å². The molecule has 6 heteroatoms. The molecule has 0 saturated carbocycles. The van der Waals surface area contributed by atoms with Crippen molar-refractivity contribution in [3.05, 3.63) is 59.2 Å². The maximum absolute atomic E-state index is 12.9. The topological polar surface area (TPSA) is 41.1 Å². The molecule has 0 atom stereocenters. The van der Waals surface area contributed by atoms with Crippen LogP contribution in [0, 0.1) is 13.8 Å². The van der Waals surface area contributed by atoms with Crippen LogP contribution in [0.3, 0.4) is 0 Å². The molecule has 3 nitrogen and oxygen atoms in total. The van der Waals surface area contributed by atoms with E-state index in [4.69, 9.17) is 0 Å². The lowest BCUT2D eigenvalue weighted by Crippen LogP contribution is -2.23. The fourth-order valence-corrected chi connectivity index (χ4v) is 2.14. The number of halogens is 3. The molecule has 23 heavy (non-hydrogen) atoms. The van der Waals surface area contributed by atoms with Crippen molar-refractivity contribution in [3.63, 3.8) is 0 Å². The minimum Gasteiger partial charge on any atom is -0.376 e. The van der Waals surface area contributed by atoms with E-state index < -0.39 is 17.6 Å². The summed E-state index contributed by atoms with van der Waals surface area (Å²) in [5.41, 5.74) is 1.66. The van der Waals surface area contributed by atoms with Crippen molar-refractivity contribution >= 4 is 17.3 Å². The molecule has 122 valence electrons. The summed E-state index contributed by atoms with van der Waals surface area (Å²) in [7, 11) is 0. The van der Waals surface area contributed by atoms with Crippen molar-refractivity contribution in [2.75, 3.05) is 17.2 Å². The highest BCUT2D eigenvalue weighted by molar-refractivity contribution is 5.94. The summed E-state index contributed by atoms with van der Waals surface area (Å²) in [4.78, 5) is 11.9. The molecule has 0 aliphatic rings. The molecular formula is C17H17F3N2O. The molecule has 2 aromatic rings. The highest BCUT2D eigenvalue weighted by Gasteiger charge is 2.33. The first-order valence-electron chi connectivity index (χ1n) is 7.04. The van der Waals surface area contributed by atoms with Gasteiger partial charge in [0.15, 0.2) is 0 Å². The fourth-order valence-electron chi connectivity index (χ4n) is 2.14. The van der Waals surface area contributed by atoms with Gasteiger partial charge in [0, 0.05) is 5.69 Å². The van der Waals surface area contributed by atoms with E-state index in [0.29, 0.717) is 0 Å². The summed E-state index contributed by atoms with van der Waals surface area (Å²) in [6.07, 6.45) is -4.51. The normalized spacial score (nSPS) is 11.2. The van der Waals surface area contributed by atoms with Gasteiger partial charge in [-0.2, -0.15) is 13.2 Å². The summed E-state index contributed by atoms with van der Waals surface area (Å²) in [5.74, 6) is -0.539. The average molecular weight is 322 g/mol. The van der Waals surface area contributed by atoms with E-state index in [1.54, 1.807) is 0 Å². The smallest absolute Gasteiger partial charge is 0.376 e. The van der Waals surface area contributed by atoms with Gasteiger partial charge in [0.1, 0.15) is 0 Å². The van der Waals surface area contributed by atoms with Gasteiger partial charge < -0.3 is 10.6 Å². The van der Waals surface area contributed by atoms with Crippen LogP contribution in [0.2, 0.25) is 0 Å². The van der Waals surface area contributed by atoms with Crippen LogP contribution in [-0.4, -0.2) is 12.5 Å². The minimum atomic E-state index is -4.51. The number of carbonyl (C=O) groups excluding carboxylic acids is 1. The number of anilines is 2. The number of hydrogen-bond acceptors (Lipinski definition) is 2. The second-order valence-corrected chi connectivity index (χ2v) is 5.26. The molecular weight excluding hydrogens is 305 g/mol. The van der Waals surface area contributed by atoms with Gasteiger partial charge >= 0.3 is 6.18 Å². The number of alkyl halides is 3. The first kappa shape index (κ1) is 16.9. The molecule has 0 radical (unpaired) electrons. The number of nitrogens with one attached hydrogen (secondary N) is 2. The molecule has 2 aromatic carbocycles. The summed E-state index contributed by atoms with van der Waals surface area (Å²) >= 11 is 0. The SMILES string of the molecule is Cc1ccc(C)c(NCC(=O)Nc2ccccc2C(F)(F)F)c1. The zero-order valence-electron chi connectivity index (χ0n) is 12.8. The Hall–Kier alpha value is -2.50. The van der Waals surface area contributed by atoms with Crippen molar-refractivity contribution in [3.8, 4) is 0 Å². The minimum absolute atomic E-state index is 0.115. The van der Waals surface area contributed by atoms with Gasteiger partial charge in [-0.05, 0) is 43.2 Å². The lowest BCUT2D eigenvalue weighted by atomic mass is 10.1. The highest BCUT2D eigenvalue weighted by Crippen LogP contribution is 2.34. The Kier molecular flexibility index (Phi) is 4.93. The van der Waals surface area contributed by atoms with Gasteiger partial charge in [0.25, 0.3) is 0 Å². The molecule has 0 aliphatic heterocycles. The Morgan fingerprint density at radius 3 is 2.43 bits per heavy atom. The fraction of sp³-hybridized carbons (Fsp3) is 0.235. The molecule has 0 aliphatic carbocycles. The summed E-state index contributed by atoms with van der Waals surface area (Å²) in [6, 6.07) is 10.6. The first-order chi connectivity index (χ1) is 10.8. The van der Waals surface area contributed by atoms with Gasteiger partial charge in [-0.3, -0.25) is 4.79 Å². The van der Waals surface area contributed by atoms with Crippen LogP contribution in [0.4, 0.5) is 24.5 Å². The third kappa shape index (κ3) is 4.48. The number of carbonyl (C=O) groups is 1. The first-order valence-corrected chi connectivity index (χ1v) is 7.04. The Morgan fingerprint density at radius 1 is 1.04 bits per heavy atom. The molecule has 0 bridgehead atoms. The van der Waals surface area contributed by atoms with Crippen molar-refractivity contribution in [2.24, 2.45) is 0 Å². The predicted octanol–water partition coefficient (Wildman–Crippen LogP) is 4.37. The van der Waals surface area contributed by atoms with Crippen LogP contribution in [0.25, 0.3) is 0 Å². The van der Waals surface area contributed by atoms with Crippen LogP contribution in [0.15, 0.2) is 42.5 Å². The maximum Gasteiger partial charge on any atom is 0.418 e. The summed E-state index contributed by atoms with van der Waals surface area (Å²) < 4.78 is 38.6. The molecule has 0 spiro atoms. The Labute approximate surface area is 132 Å². The lowest BCUT2D eigenvalue weighted by Gasteiger charge is -2.14. The van der Waals surface area contributed by atoms with Crippen LogP contribution < -0.4 is 10.6 Å². The molecule has 0 saturated heterocycles. The molecule has 2 rings (SSSR count). The van der Waals surface area contributed by atoms with E-state index in [1.165, 1.54) is 18.2 Å². The van der Waals surface area contributed by atoms with Crippen molar-refractivity contribution in [1.82, 2.24) is 0 Å². The number of rotatable bonds is 4. The summed E-state index contributed by atoms with van der Waals surface area (Å²) in [6.45, 7) is 3.69. The van der Waals surface area contributed by atoms with Gasteiger partial charge in [0.2, 0.25) is 5.91 Å². The number of aryl methyl sites for hydroxylation is 2. The van der Waals surface area contributed by atoms with E-state index in [2.05, 4.69) is 10.6 Å². The van der Waals surface area contributed by atoms with Gasteiger partial charge in [-0.25, -0.2) is 0 Å². The quantitative estimate of drug-likeness (QED) is 0.877. The predicted molar refractivity (Wildman–Crippen MR) is 84.5 cm³/mol. The van der Waals surface area contributed by atoms with Crippen molar-refractivity contribution in [2.45, 2.75) is 20.0 Å². The molecule has 1 amide bonds. The van der Waals surface area contributed by atoms with Gasteiger partial charge in [0.05, 0.1) is 17.8 Å². The van der Waals surface area contributed by atoms with E-state index in [-0.39, 0.29) is 12.2 Å². The third-order valence-corrected chi connectivity index (χ3v) is 3.34. The second-order valence-electron chi connectivity index (χ2n) is 5.26. The van der Waals surface area contributed by atoms with E-state index >= 15 is 0 Å². The number of benzene rings is 2. The van der Waals surface area contributed by atoms with Crippen molar-refractivity contribution < 1.29 is 18.0 Å². The second kappa shape index (κ2) is 6.73. The van der Waals surface area contributed by atoms with Crippen molar-refractivity contribution in [1.29, 1.82) is 0 Å². The van der Waals surface area contributed by atoms with Gasteiger partial charge in [-0.1, -0.05) is 24.3 Å². The molecule has 0 aromatic heterocycles. The molecule has 2 N–H and O–H groups in total.